The van der Waals surface area contributed by atoms with E-state index in [0.717, 1.165) is 5.56 Å². The summed E-state index contributed by atoms with van der Waals surface area (Å²) in [7, 11) is 1.44. The van der Waals surface area contributed by atoms with Crippen LogP contribution in [-0.4, -0.2) is 31.6 Å². The molecule has 2 aromatic carbocycles. The molecule has 0 saturated carbocycles. The van der Waals surface area contributed by atoms with Gasteiger partial charge in [0.2, 0.25) is 0 Å². The Kier molecular flexibility index (Phi) is 8.84. The predicted molar refractivity (Wildman–Crippen MR) is 122 cm³/mol. The normalized spacial score (nSPS) is 11.1. The smallest absolute Gasteiger partial charge is 0.349 e. The number of carbonyl (C=O) groups excluding carboxylic acids is 2. The Bertz CT molecular complexity index is 1030. The molecule has 0 aliphatic heterocycles. The number of carbonyl (C=O) groups is 2. The van der Waals surface area contributed by atoms with Gasteiger partial charge in [0.15, 0.2) is 18.1 Å². The van der Waals surface area contributed by atoms with Crippen molar-refractivity contribution in [1.29, 1.82) is 5.26 Å². The number of hydrogen-bond donors (Lipinski definition) is 1. The molecule has 1 amide bonds. The van der Waals surface area contributed by atoms with Crippen molar-refractivity contribution in [2.24, 2.45) is 0 Å². The summed E-state index contributed by atoms with van der Waals surface area (Å²) in [4.78, 5) is 24.4. The molecule has 0 saturated heterocycles. The first kappa shape index (κ1) is 24.5. The molecular weight excluding hydrogens is 408 g/mol. The Morgan fingerprint density at radius 1 is 1.06 bits per heavy atom. The summed E-state index contributed by atoms with van der Waals surface area (Å²) in [5, 5.41) is 12.0. The highest BCUT2D eigenvalue weighted by Gasteiger charge is 2.15. The lowest BCUT2D eigenvalue weighted by Crippen LogP contribution is -2.30. The fourth-order valence-corrected chi connectivity index (χ4v) is 2.89. The monoisotopic (exact) mass is 436 g/mol. The Labute approximate surface area is 188 Å². The van der Waals surface area contributed by atoms with Crippen molar-refractivity contribution in [3.05, 3.63) is 59.2 Å². The van der Waals surface area contributed by atoms with E-state index in [1.165, 1.54) is 13.2 Å². The molecule has 0 aliphatic rings. The summed E-state index contributed by atoms with van der Waals surface area (Å²) in [6.45, 7) is 7.45. The lowest BCUT2D eigenvalue weighted by atomic mass is 10.0. The molecule has 7 nitrogen and oxygen atoms in total. The number of esters is 1. The van der Waals surface area contributed by atoms with E-state index in [0.29, 0.717) is 11.3 Å². The molecule has 0 aliphatic carbocycles. The number of nitriles is 1. The van der Waals surface area contributed by atoms with Gasteiger partial charge in [-0.15, -0.1) is 0 Å². The van der Waals surface area contributed by atoms with Gasteiger partial charge in [-0.3, -0.25) is 4.79 Å². The molecule has 2 rings (SSSR count). The zero-order valence-corrected chi connectivity index (χ0v) is 19.0. The maximum absolute atomic E-state index is 12.3. The molecule has 0 spiro atoms. The van der Waals surface area contributed by atoms with Gasteiger partial charge in [0.05, 0.1) is 7.11 Å². The molecule has 0 atom stereocenters. The minimum Gasteiger partial charge on any atom is -0.493 e. The fraction of sp³-hybridized carbons (Fsp3) is 0.320. The van der Waals surface area contributed by atoms with Crippen LogP contribution in [0.25, 0.3) is 6.08 Å². The van der Waals surface area contributed by atoms with Crippen molar-refractivity contribution < 1.29 is 23.8 Å². The Hall–Kier alpha value is -3.79. The zero-order chi connectivity index (χ0) is 23.7. The second-order valence-corrected chi connectivity index (χ2v) is 7.66. The van der Waals surface area contributed by atoms with E-state index in [1.807, 2.05) is 58.0 Å². The number of nitrogens with one attached hydrogen (secondary N) is 1. The first-order valence-electron chi connectivity index (χ1n) is 10.3. The number of para-hydroxylation sites is 1. The average molecular weight is 437 g/mol. The summed E-state index contributed by atoms with van der Waals surface area (Å²) in [5.74, 6) is 0.339. The van der Waals surface area contributed by atoms with Crippen LogP contribution in [0.1, 0.15) is 44.7 Å². The summed E-state index contributed by atoms with van der Waals surface area (Å²) in [5.41, 5.74) is 1.52. The van der Waals surface area contributed by atoms with Gasteiger partial charge in [-0.2, -0.15) is 5.26 Å². The standard InChI is InChI=1S/C25H28N2O5/c1-16(2)20-8-6-7-9-21(20)31-15-24(28)32-22-11-10-18(13-23(22)30-5)12-19(14-26)25(29)27-17(3)4/h6-13,16-17H,15H2,1-5H3,(H,27,29)/b19-12+. The van der Waals surface area contributed by atoms with Crippen molar-refractivity contribution >= 4 is 18.0 Å². The number of benzene rings is 2. The largest absolute Gasteiger partial charge is 0.493 e. The number of rotatable bonds is 9. The van der Waals surface area contributed by atoms with Crippen LogP contribution in [0, 0.1) is 11.3 Å². The third kappa shape index (κ3) is 6.88. The first-order chi connectivity index (χ1) is 15.2. The van der Waals surface area contributed by atoms with Crippen LogP contribution in [0.4, 0.5) is 0 Å². The molecule has 0 aromatic heterocycles. The highest BCUT2D eigenvalue weighted by Crippen LogP contribution is 2.30. The van der Waals surface area contributed by atoms with Crippen molar-refractivity contribution in [2.45, 2.75) is 39.7 Å². The lowest BCUT2D eigenvalue weighted by Gasteiger charge is -2.14. The highest BCUT2D eigenvalue weighted by atomic mass is 16.6. The van der Waals surface area contributed by atoms with E-state index >= 15 is 0 Å². The van der Waals surface area contributed by atoms with Crippen LogP contribution in [0.3, 0.4) is 0 Å². The average Bonchev–Trinajstić information content (AvgIpc) is 2.76. The number of hydrogen-bond acceptors (Lipinski definition) is 6. The number of nitrogens with zero attached hydrogens (tertiary/aromatic N) is 1. The number of ether oxygens (including phenoxy) is 3. The topological polar surface area (TPSA) is 97.6 Å². The van der Waals surface area contributed by atoms with Crippen LogP contribution in [0.2, 0.25) is 0 Å². The molecule has 7 heteroatoms. The van der Waals surface area contributed by atoms with E-state index in [4.69, 9.17) is 14.2 Å². The lowest BCUT2D eigenvalue weighted by molar-refractivity contribution is -0.136. The maximum Gasteiger partial charge on any atom is 0.349 e. The Morgan fingerprint density at radius 2 is 1.78 bits per heavy atom. The van der Waals surface area contributed by atoms with Gasteiger partial charge in [0.1, 0.15) is 17.4 Å². The quantitative estimate of drug-likeness (QED) is 0.273. The van der Waals surface area contributed by atoms with Gasteiger partial charge in [-0.05, 0) is 55.2 Å². The summed E-state index contributed by atoms with van der Waals surface area (Å²) >= 11 is 0. The van der Waals surface area contributed by atoms with E-state index in [1.54, 1.807) is 18.2 Å². The molecule has 0 fully saturated rings. The van der Waals surface area contributed by atoms with Crippen LogP contribution < -0.4 is 19.5 Å². The van der Waals surface area contributed by atoms with E-state index in [2.05, 4.69) is 5.32 Å². The highest BCUT2D eigenvalue weighted by molar-refractivity contribution is 6.01. The summed E-state index contributed by atoms with van der Waals surface area (Å²) < 4.78 is 16.4. The van der Waals surface area contributed by atoms with Gasteiger partial charge in [-0.1, -0.05) is 38.1 Å². The molecule has 1 N–H and O–H groups in total. The predicted octanol–water partition coefficient (Wildman–Crippen LogP) is 4.23. The molecule has 0 heterocycles. The van der Waals surface area contributed by atoms with Gasteiger partial charge < -0.3 is 19.5 Å². The molecule has 0 radical (unpaired) electrons. The third-order valence-electron chi connectivity index (χ3n) is 4.39. The summed E-state index contributed by atoms with van der Waals surface area (Å²) in [6.07, 6.45) is 1.44. The van der Waals surface area contributed by atoms with Gasteiger partial charge in [0.25, 0.3) is 5.91 Å². The Balaban J connectivity index is 2.11. The van der Waals surface area contributed by atoms with Crippen molar-refractivity contribution in [2.75, 3.05) is 13.7 Å². The van der Waals surface area contributed by atoms with Crippen molar-refractivity contribution in [1.82, 2.24) is 5.32 Å². The van der Waals surface area contributed by atoms with E-state index in [-0.39, 0.29) is 35.6 Å². The molecule has 2 aromatic rings. The van der Waals surface area contributed by atoms with Crippen LogP contribution in [0.15, 0.2) is 48.0 Å². The minimum atomic E-state index is -0.584. The van der Waals surface area contributed by atoms with Gasteiger partial charge in [0, 0.05) is 6.04 Å². The van der Waals surface area contributed by atoms with E-state index < -0.39 is 11.9 Å². The minimum absolute atomic E-state index is 0.0392. The van der Waals surface area contributed by atoms with Crippen molar-refractivity contribution in [3.63, 3.8) is 0 Å². The molecule has 0 unspecified atom stereocenters. The van der Waals surface area contributed by atoms with E-state index in [9.17, 15) is 14.9 Å². The second-order valence-electron chi connectivity index (χ2n) is 7.66. The summed E-state index contributed by atoms with van der Waals surface area (Å²) in [6, 6.07) is 14.1. The Morgan fingerprint density at radius 3 is 2.41 bits per heavy atom. The van der Waals surface area contributed by atoms with Gasteiger partial charge >= 0.3 is 5.97 Å². The number of methoxy groups -OCH3 is 1. The second kappa shape index (κ2) is 11.6. The van der Waals surface area contributed by atoms with Crippen LogP contribution in [0.5, 0.6) is 17.2 Å². The SMILES string of the molecule is COc1cc(/C=C(\C#N)C(=O)NC(C)C)ccc1OC(=O)COc1ccccc1C(C)C. The molecule has 168 valence electrons. The zero-order valence-electron chi connectivity index (χ0n) is 19.0. The van der Waals surface area contributed by atoms with Gasteiger partial charge in [-0.25, -0.2) is 4.79 Å². The third-order valence-corrected chi connectivity index (χ3v) is 4.39. The molecular formula is C25H28N2O5. The van der Waals surface area contributed by atoms with Crippen LogP contribution >= 0.6 is 0 Å². The molecule has 32 heavy (non-hydrogen) atoms. The van der Waals surface area contributed by atoms with Crippen molar-refractivity contribution in [3.8, 4) is 23.3 Å². The molecule has 0 bridgehead atoms. The first-order valence-corrected chi connectivity index (χ1v) is 10.3. The fourth-order valence-electron chi connectivity index (χ4n) is 2.89. The maximum atomic E-state index is 12.3. The number of amides is 1. The van der Waals surface area contributed by atoms with Crippen LogP contribution in [-0.2, 0) is 9.59 Å².